The molecule has 134 valence electrons. The molecule has 3 aromatic rings. The maximum atomic E-state index is 12.3. The molecule has 27 heavy (non-hydrogen) atoms. The summed E-state index contributed by atoms with van der Waals surface area (Å²) in [6.45, 7) is 2.11. The van der Waals surface area contributed by atoms with Crippen LogP contribution in [0.1, 0.15) is 33.3 Å². The van der Waals surface area contributed by atoms with Crippen molar-refractivity contribution >= 4 is 44.5 Å². The number of Topliss-reactive ketones (excluding diaryl/α,β-unsaturated/α-hetero) is 2. The maximum absolute atomic E-state index is 12.3. The molecular formula is C22H16BrNO2S. The van der Waals surface area contributed by atoms with Gasteiger partial charge in [0.15, 0.2) is 11.6 Å². The zero-order chi connectivity index (χ0) is 19.0. The lowest BCUT2D eigenvalue weighted by molar-refractivity contribution is -0.111. The van der Waals surface area contributed by atoms with Gasteiger partial charge in [0.05, 0.1) is 15.2 Å². The zero-order valence-electron chi connectivity index (χ0n) is 14.7. The highest BCUT2D eigenvalue weighted by Gasteiger charge is 2.19. The van der Waals surface area contributed by atoms with Gasteiger partial charge in [0, 0.05) is 18.9 Å². The highest BCUT2D eigenvalue weighted by molar-refractivity contribution is 9.11. The van der Waals surface area contributed by atoms with Crippen molar-refractivity contribution in [2.24, 2.45) is 4.99 Å². The van der Waals surface area contributed by atoms with Gasteiger partial charge in [-0.15, -0.1) is 11.3 Å². The SMILES string of the molecule is CC(=O)C1=NCc2cc(-c3ccc(CC(=O)c4ccc(Br)s4)cc3)ccc21. The smallest absolute Gasteiger partial charge is 0.178 e. The molecule has 5 heteroatoms. The average molecular weight is 438 g/mol. The lowest BCUT2D eigenvalue weighted by Crippen LogP contribution is -2.08. The van der Waals surface area contributed by atoms with E-state index in [9.17, 15) is 9.59 Å². The molecule has 0 amide bonds. The molecule has 0 aliphatic carbocycles. The fourth-order valence-corrected chi connectivity index (χ4v) is 4.56. The number of benzene rings is 2. The summed E-state index contributed by atoms with van der Waals surface area (Å²) in [6, 6.07) is 17.9. The second-order valence-corrected chi connectivity index (χ2v) is 8.96. The van der Waals surface area contributed by atoms with E-state index >= 15 is 0 Å². The van der Waals surface area contributed by atoms with Crippen LogP contribution in [0.5, 0.6) is 0 Å². The molecule has 1 aromatic heterocycles. The van der Waals surface area contributed by atoms with Crippen LogP contribution in [-0.4, -0.2) is 17.3 Å². The normalized spacial score (nSPS) is 12.6. The molecule has 0 unspecified atom stereocenters. The molecule has 0 atom stereocenters. The predicted octanol–water partition coefficient (Wildman–Crippen LogP) is 5.49. The molecule has 1 aliphatic rings. The molecule has 2 heterocycles. The topological polar surface area (TPSA) is 46.5 Å². The van der Waals surface area contributed by atoms with E-state index in [2.05, 4.69) is 27.0 Å². The monoisotopic (exact) mass is 437 g/mol. The fraction of sp³-hybridized carbons (Fsp3) is 0.136. The van der Waals surface area contributed by atoms with Crippen molar-refractivity contribution in [1.29, 1.82) is 0 Å². The summed E-state index contributed by atoms with van der Waals surface area (Å²) >= 11 is 4.85. The molecule has 0 radical (unpaired) electrons. The maximum Gasteiger partial charge on any atom is 0.178 e. The van der Waals surface area contributed by atoms with Gasteiger partial charge < -0.3 is 0 Å². The van der Waals surface area contributed by atoms with E-state index in [-0.39, 0.29) is 11.6 Å². The number of rotatable bonds is 5. The number of thiophene rings is 1. The first-order valence-electron chi connectivity index (χ1n) is 8.58. The van der Waals surface area contributed by atoms with Gasteiger partial charge in [0.2, 0.25) is 0 Å². The van der Waals surface area contributed by atoms with Crippen LogP contribution in [-0.2, 0) is 17.8 Å². The standard InChI is InChI=1S/C22H16BrNO2S/c1-13(25)22-18-7-6-16(11-17(18)12-24-22)15-4-2-14(3-5-15)10-19(26)20-8-9-21(23)27-20/h2-9,11H,10,12H2,1H3. The Hall–Kier alpha value is -2.37. The van der Waals surface area contributed by atoms with Gasteiger partial charge in [-0.05, 0) is 56.4 Å². The minimum Gasteiger partial charge on any atom is -0.293 e. The molecule has 0 spiro atoms. The van der Waals surface area contributed by atoms with Crippen molar-refractivity contribution in [3.63, 3.8) is 0 Å². The number of nitrogens with zero attached hydrogens (tertiary/aromatic N) is 1. The highest BCUT2D eigenvalue weighted by atomic mass is 79.9. The number of aliphatic imine (C=N–C) groups is 1. The summed E-state index contributed by atoms with van der Waals surface area (Å²) in [6.07, 6.45) is 0.396. The van der Waals surface area contributed by atoms with Crippen molar-refractivity contribution in [3.8, 4) is 11.1 Å². The third-order valence-corrected chi connectivity index (χ3v) is 6.27. The average Bonchev–Trinajstić information content (AvgIpc) is 3.28. The van der Waals surface area contributed by atoms with Crippen LogP contribution in [0.4, 0.5) is 0 Å². The number of hydrogen-bond acceptors (Lipinski definition) is 4. The van der Waals surface area contributed by atoms with Crippen LogP contribution in [0.3, 0.4) is 0 Å². The Morgan fingerprint density at radius 1 is 1.04 bits per heavy atom. The van der Waals surface area contributed by atoms with Crippen molar-refractivity contribution in [3.05, 3.63) is 80.0 Å². The second kappa shape index (κ2) is 7.33. The second-order valence-electron chi connectivity index (χ2n) is 6.49. The van der Waals surface area contributed by atoms with E-state index in [1.807, 2.05) is 48.5 Å². The Labute approximate surface area is 169 Å². The van der Waals surface area contributed by atoms with Gasteiger partial charge in [0.1, 0.15) is 5.71 Å². The van der Waals surface area contributed by atoms with Gasteiger partial charge in [-0.2, -0.15) is 0 Å². The minimum absolute atomic E-state index is 0.00768. The third-order valence-electron chi connectivity index (χ3n) is 4.60. The quantitative estimate of drug-likeness (QED) is 0.495. The first-order chi connectivity index (χ1) is 13.0. The molecule has 2 aromatic carbocycles. The number of halogens is 1. The molecule has 3 nitrogen and oxygen atoms in total. The molecule has 0 N–H and O–H groups in total. The Balaban J connectivity index is 1.51. The van der Waals surface area contributed by atoms with E-state index < -0.39 is 0 Å². The molecule has 4 rings (SSSR count). The summed E-state index contributed by atoms with van der Waals surface area (Å²) in [5.74, 6) is 0.137. The minimum atomic E-state index is 0.00768. The Morgan fingerprint density at radius 3 is 2.44 bits per heavy atom. The van der Waals surface area contributed by atoms with Crippen molar-refractivity contribution < 1.29 is 9.59 Å². The summed E-state index contributed by atoms with van der Waals surface area (Å²) in [5, 5.41) is 0. The molecular weight excluding hydrogens is 422 g/mol. The summed E-state index contributed by atoms with van der Waals surface area (Å²) in [5.41, 5.74) is 5.77. The number of carbonyl (C=O) groups is 2. The summed E-state index contributed by atoms with van der Waals surface area (Å²) in [7, 11) is 0. The molecule has 1 aliphatic heterocycles. The summed E-state index contributed by atoms with van der Waals surface area (Å²) in [4.78, 5) is 29.1. The first-order valence-corrected chi connectivity index (χ1v) is 10.2. The Kier molecular flexibility index (Phi) is 4.89. The number of ketones is 2. The van der Waals surface area contributed by atoms with Crippen LogP contribution in [0, 0.1) is 0 Å². The lowest BCUT2D eigenvalue weighted by Gasteiger charge is -2.07. The van der Waals surface area contributed by atoms with Crippen molar-refractivity contribution in [1.82, 2.24) is 0 Å². The van der Waals surface area contributed by atoms with E-state index in [1.54, 1.807) is 6.92 Å². The number of fused-ring (bicyclic) bond motifs is 1. The summed E-state index contributed by atoms with van der Waals surface area (Å²) < 4.78 is 0.967. The molecule has 0 saturated heterocycles. The van der Waals surface area contributed by atoms with Gasteiger partial charge in [0.25, 0.3) is 0 Å². The van der Waals surface area contributed by atoms with Gasteiger partial charge >= 0.3 is 0 Å². The third kappa shape index (κ3) is 3.70. The van der Waals surface area contributed by atoms with Crippen LogP contribution in [0.25, 0.3) is 11.1 Å². The van der Waals surface area contributed by atoms with E-state index in [0.29, 0.717) is 18.7 Å². The van der Waals surface area contributed by atoms with Gasteiger partial charge in [-0.1, -0.05) is 36.4 Å². The van der Waals surface area contributed by atoms with Crippen molar-refractivity contribution in [2.75, 3.05) is 0 Å². The fourth-order valence-electron chi connectivity index (χ4n) is 3.24. The Morgan fingerprint density at radius 2 is 1.78 bits per heavy atom. The van der Waals surface area contributed by atoms with Gasteiger partial charge in [-0.25, -0.2) is 0 Å². The molecule has 0 saturated carbocycles. The highest BCUT2D eigenvalue weighted by Crippen LogP contribution is 2.28. The van der Waals surface area contributed by atoms with Crippen LogP contribution < -0.4 is 0 Å². The van der Waals surface area contributed by atoms with Crippen LogP contribution in [0.15, 0.2) is 63.4 Å². The van der Waals surface area contributed by atoms with E-state index in [4.69, 9.17) is 0 Å². The number of carbonyl (C=O) groups excluding carboxylic acids is 2. The lowest BCUT2D eigenvalue weighted by atomic mass is 9.96. The van der Waals surface area contributed by atoms with Crippen LogP contribution >= 0.6 is 27.3 Å². The molecule has 0 bridgehead atoms. The predicted molar refractivity (Wildman–Crippen MR) is 113 cm³/mol. The zero-order valence-corrected chi connectivity index (χ0v) is 17.1. The van der Waals surface area contributed by atoms with Crippen LogP contribution in [0.2, 0.25) is 0 Å². The van der Waals surface area contributed by atoms with E-state index in [0.717, 1.165) is 36.5 Å². The largest absolute Gasteiger partial charge is 0.293 e. The number of hydrogen-bond donors (Lipinski definition) is 0. The molecule has 0 fully saturated rings. The van der Waals surface area contributed by atoms with Gasteiger partial charge in [-0.3, -0.25) is 14.6 Å². The van der Waals surface area contributed by atoms with Crippen molar-refractivity contribution in [2.45, 2.75) is 19.9 Å². The van der Waals surface area contributed by atoms with E-state index in [1.165, 1.54) is 11.3 Å². The first kappa shape index (κ1) is 18.0. The Bertz CT molecular complexity index is 1080.